The van der Waals surface area contributed by atoms with Crippen molar-refractivity contribution in [3.8, 4) is 11.3 Å². The summed E-state index contributed by atoms with van der Waals surface area (Å²) in [4.78, 5) is 0. The summed E-state index contributed by atoms with van der Waals surface area (Å²) in [6.07, 6.45) is 2.06. The molecule has 3 nitrogen and oxygen atoms in total. The molecule has 18 heavy (non-hydrogen) atoms. The van der Waals surface area contributed by atoms with E-state index in [1.807, 2.05) is 0 Å². The van der Waals surface area contributed by atoms with Crippen LogP contribution in [0.5, 0.6) is 0 Å². The van der Waals surface area contributed by atoms with E-state index >= 15 is 0 Å². The highest BCUT2D eigenvalue weighted by Gasteiger charge is 2.11. The van der Waals surface area contributed by atoms with Crippen molar-refractivity contribution in [2.24, 2.45) is 0 Å². The molecule has 0 bridgehead atoms. The van der Waals surface area contributed by atoms with Gasteiger partial charge in [0.1, 0.15) is 5.69 Å². The van der Waals surface area contributed by atoms with Crippen molar-refractivity contribution >= 4 is 10.8 Å². The zero-order chi connectivity index (χ0) is 12.4. The van der Waals surface area contributed by atoms with Gasteiger partial charge in [0, 0.05) is 5.56 Å². The van der Waals surface area contributed by atoms with E-state index in [0.717, 1.165) is 29.8 Å². The monoisotopic (exact) mass is 237 g/mol. The number of nitrogens with one attached hydrogen (secondary N) is 1. The van der Waals surface area contributed by atoms with Gasteiger partial charge in [-0.2, -0.15) is 0 Å². The molecule has 0 atom stereocenters. The number of benzene rings is 2. The highest BCUT2D eigenvalue weighted by atomic mass is 15.3. The van der Waals surface area contributed by atoms with Crippen molar-refractivity contribution in [3.63, 3.8) is 0 Å². The lowest BCUT2D eigenvalue weighted by Crippen LogP contribution is -1.89. The minimum Gasteiger partial charge on any atom is -0.262 e. The number of aromatic nitrogens is 3. The molecule has 0 fully saturated rings. The van der Waals surface area contributed by atoms with Gasteiger partial charge in [0.15, 0.2) is 0 Å². The smallest absolute Gasteiger partial charge is 0.116 e. The molecule has 0 unspecified atom stereocenters. The SMILES string of the molecule is CCCc1[nH]nnc1-c1cccc2ccccc12. The third kappa shape index (κ3) is 1.78. The fourth-order valence-electron chi connectivity index (χ4n) is 2.32. The molecule has 1 aromatic heterocycles. The molecule has 0 radical (unpaired) electrons. The Morgan fingerprint density at radius 2 is 1.89 bits per heavy atom. The van der Waals surface area contributed by atoms with Crippen LogP contribution in [0.2, 0.25) is 0 Å². The van der Waals surface area contributed by atoms with Crippen LogP contribution in [0, 0.1) is 0 Å². The summed E-state index contributed by atoms with van der Waals surface area (Å²) in [7, 11) is 0. The highest BCUT2D eigenvalue weighted by molar-refractivity contribution is 5.96. The Hall–Kier alpha value is -2.16. The highest BCUT2D eigenvalue weighted by Crippen LogP contribution is 2.28. The van der Waals surface area contributed by atoms with Gasteiger partial charge >= 0.3 is 0 Å². The minimum absolute atomic E-state index is 0.978. The number of hydrogen-bond donors (Lipinski definition) is 1. The van der Waals surface area contributed by atoms with E-state index in [2.05, 4.69) is 64.8 Å². The molecule has 0 aliphatic carbocycles. The number of aryl methyl sites for hydroxylation is 1. The Labute approximate surface area is 106 Å². The molecule has 3 heteroatoms. The van der Waals surface area contributed by atoms with Gasteiger partial charge < -0.3 is 0 Å². The fraction of sp³-hybridized carbons (Fsp3) is 0.200. The van der Waals surface area contributed by atoms with Crippen LogP contribution in [0.1, 0.15) is 19.0 Å². The second-order valence-electron chi connectivity index (χ2n) is 4.42. The molecule has 3 aromatic rings. The quantitative estimate of drug-likeness (QED) is 0.756. The Kier molecular flexibility index (Phi) is 2.81. The predicted molar refractivity (Wildman–Crippen MR) is 73.3 cm³/mol. The summed E-state index contributed by atoms with van der Waals surface area (Å²) in [5.41, 5.74) is 3.26. The molecule has 3 rings (SSSR count). The average molecular weight is 237 g/mol. The first kappa shape index (κ1) is 11.0. The summed E-state index contributed by atoms with van der Waals surface area (Å²) >= 11 is 0. The third-order valence-electron chi connectivity index (χ3n) is 3.17. The van der Waals surface area contributed by atoms with E-state index in [4.69, 9.17) is 0 Å². The first-order chi connectivity index (χ1) is 8.90. The van der Waals surface area contributed by atoms with Crippen molar-refractivity contribution in [2.45, 2.75) is 19.8 Å². The van der Waals surface area contributed by atoms with Gasteiger partial charge in [-0.3, -0.25) is 5.10 Å². The van der Waals surface area contributed by atoms with Crippen LogP contribution in [0.4, 0.5) is 0 Å². The summed E-state index contributed by atoms with van der Waals surface area (Å²) in [6, 6.07) is 14.7. The van der Waals surface area contributed by atoms with Crippen LogP contribution < -0.4 is 0 Å². The maximum Gasteiger partial charge on any atom is 0.116 e. The molecule has 2 aromatic carbocycles. The Bertz CT molecular complexity index is 665. The van der Waals surface area contributed by atoms with Crippen LogP contribution in [-0.4, -0.2) is 15.4 Å². The zero-order valence-corrected chi connectivity index (χ0v) is 10.4. The first-order valence-electron chi connectivity index (χ1n) is 6.28. The predicted octanol–water partition coefficient (Wildman–Crippen LogP) is 3.58. The van der Waals surface area contributed by atoms with Gasteiger partial charge in [0.2, 0.25) is 0 Å². The molecule has 0 spiro atoms. The van der Waals surface area contributed by atoms with Gasteiger partial charge in [0.05, 0.1) is 5.69 Å². The van der Waals surface area contributed by atoms with E-state index in [-0.39, 0.29) is 0 Å². The molecule has 90 valence electrons. The van der Waals surface area contributed by atoms with E-state index in [1.54, 1.807) is 0 Å². The zero-order valence-electron chi connectivity index (χ0n) is 10.4. The molecule has 0 aliphatic rings. The van der Waals surface area contributed by atoms with Crippen LogP contribution in [0.15, 0.2) is 42.5 Å². The maximum absolute atomic E-state index is 4.25. The number of rotatable bonds is 3. The number of aromatic amines is 1. The molecule has 0 saturated carbocycles. The molecule has 0 amide bonds. The standard InChI is InChI=1S/C15H15N3/c1-2-6-14-15(17-18-16-14)13-10-5-8-11-7-3-4-9-12(11)13/h3-5,7-10H,2,6H2,1H3,(H,16,17,18). The van der Waals surface area contributed by atoms with Crippen molar-refractivity contribution in [3.05, 3.63) is 48.2 Å². The number of H-pyrrole nitrogens is 1. The Balaban J connectivity index is 2.22. The first-order valence-corrected chi connectivity index (χ1v) is 6.28. The number of fused-ring (bicyclic) bond motifs is 1. The van der Waals surface area contributed by atoms with Gasteiger partial charge in [-0.25, -0.2) is 0 Å². The van der Waals surface area contributed by atoms with Crippen molar-refractivity contribution in [1.29, 1.82) is 0 Å². The Morgan fingerprint density at radius 1 is 1.06 bits per heavy atom. The summed E-state index contributed by atoms with van der Waals surface area (Å²) in [5, 5.41) is 13.7. The topological polar surface area (TPSA) is 41.6 Å². The van der Waals surface area contributed by atoms with Crippen LogP contribution in [0.25, 0.3) is 22.0 Å². The summed E-state index contributed by atoms with van der Waals surface area (Å²) in [5.74, 6) is 0. The fourth-order valence-corrected chi connectivity index (χ4v) is 2.32. The molecule has 0 saturated heterocycles. The van der Waals surface area contributed by atoms with E-state index in [0.29, 0.717) is 0 Å². The second kappa shape index (κ2) is 4.61. The van der Waals surface area contributed by atoms with Crippen molar-refractivity contribution in [2.75, 3.05) is 0 Å². The lowest BCUT2D eigenvalue weighted by atomic mass is 10.0. The normalized spacial score (nSPS) is 10.9. The van der Waals surface area contributed by atoms with Crippen molar-refractivity contribution in [1.82, 2.24) is 15.4 Å². The minimum atomic E-state index is 0.978. The summed E-state index contributed by atoms with van der Waals surface area (Å²) < 4.78 is 0. The van der Waals surface area contributed by atoms with Gasteiger partial charge in [-0.15, -0.1) is 5.10 Å². The van der Waals surface area contributed by atoms with E-state index < -0.39 is 0 Å². The van der Waals surface area contributed by atoms with Gasteiger partial charge in [-0.1, -0.05) is 61.0 Å². The second-order valence-corrected chi connectivity index (χ2v) is 4.42. The number of nitrogens with zero attached hydrogens (tertiary/aromatic N) is 2. The molecular formula is C15H15N3. The third-order valence-corrected chi connectivity index (χ3v) is 3.17. The van der Waals surface area contributed by atoms with Crippen LogP contribution in [0.3, 0.4) is 0 Å². The molecule has 1 heterocycles. The molecule has 1 N–H and O–H groups in total. The van der Waals surface area contributed by atoms with Gasteiger partial charge in [0.25, 0.3) is 0 Å². The lowest BCUT2D eigenvalue weighted by molar-refractivity contribution is 0.853. The molecule has 0 aliphatic heterocycles. The lowest BCUT2D eigenvalue weighted by Gasteiger charge is -2.05. The average Bonchev–Trinajstić information content (AvgIpc) is 2.87. The largest absolute Gasteiger partial charge is 0.262 e. The Morgan fingerprint density at radius 3 is 2.78 bits per heavy atom. The van der Waals surface area contributed by atoms with Crippen molar-refractivity contribution < 1.29 is 0 Å². The maximum atomic E-state index is 4.25. The van der Waals surface area contributed by atoms with E-state index in [9.17, 15) is 0 Å². The van der Waals surface area contributed by atoms with Crippen LogP contribution >= 0.6 is 0 Å². The summed E-state index contributed by atoms with van der Waals surface area (Å²) in [6.45, 7) is 2.16. The van der Waals surface area contributed by atoms with Crippen LogP contribution in [-0.2, 0) is 6.42 Å². The molecular weight excluding hydrogens is 222 g/mol. The number of hydrogen-bond acceptors (Lipinski definition) is 2. The van der Waals surface area contributed by atoms with E-state index in [1.165, 1.54) is 10.8 Å². The van der Waals surface area contributed by atoms with Gasteiger partial charge in [-0.05, 0) is 17.2 Å².